The van der Waals surface area contributed by atoms with Crippen molar-refractivity contribution < 1.29 is 0 Å². The molecule has 2 aromatic heterocycles. The molecule has 4 heterocycles. The van der Waals surface area contributed by atoms with Gasteiger partial charge in [0.05, 0.1) is 5.69 Å². The van der Waals surface area contributed by atoms with Gasteiger partial charge in [0.15, 0.2) is 5.69 Å². The monoisotopic (exact) mass is 349 g/mol. The number of aromatic nitrogens is 3. The maximum Gasteiger partial charge on any atom is 0.227 e. The molecule has 0 spiro atoms. The van der Waals surface area contributed by atoms with Gasteiger partial charge in [0.25, 0.3) is 0 Å². The molecular weight excluding hydrogens is 326 g/mol. The summed E-state index contributed by atoms with van der Waals surface area (Å²) in [6, 6.07) is 8.12. The largest absolute Gasteiger partial charge is 0.366 e. The SMILES string of the molecule is Cc1cc(N2CCN(c3cccnc3C#N)CC2)nc(N2CCCC2)n1. The van der Waals surface area contributed by atoms with E-state index < -0.39 is 0 Å². The van der Waals surface area contributed by atoms with Crippen LogP contribution >= 0.6 is 0 Å². The van der Waals surface area contributed by atoms with Crippen LogP contribution in [0, 0.1) is 18.3 Å². The third-order valence-electron chi connectivity index (χ3n) is 5.05. The first kappa shape index (κ1) is 16.6. The minimum atomic E-state index is 0.496. The van der Waals surface area contributed by atoms with E-state index >= 15 is 0 Å². The Morgan fingerprint density at radius 1 is 0.962 bits per heavy atom. The number of nitrogens with zero attached hydrogens (tertiary/aromatic N) is 7. The van der Waals surface area contributed by atoms with Crippen molar-refractivity contribution in [3.8, 4) is 6.07 Å². The average molecular weight is 349 g/mol. The Hall–Kier alpha value is -2.88. The molecule has 134 valence electrons. The molecule has 2 aromatic rings. The summed E-state index contributed by atoms with van der Waals surface area (Å²) in [4.78, 5) is 20.5. The van der Waals surface area contributed by atoms with Crippen LogP contribution in [0.4, 0.5) is 17.5 Å². The summed E-state index contributed by atoms with van der Waals surface area (Å²) in [6.45, 7) is 7.58. The Kier molecular flexibility index (Phi) is 4.57. The smallest absolute Gasteiger partial charge is 0.227 e. The maximum absolute atomic E-state index is 9.27. The Balaban J connectivity index is 1.49. The first-order valence-corrected chi connectivity index (χ1v) is 9.20. The standard InChI is InChI=1S/C19H23N7/c1-15-13-18(23-19(22-15)26-7-2-3-8-26)25-11-9-24(10-12-25)17-5-4-6-21-16(17)14-20/h4-6,13H,2-3,7-12H2,1H3. The molecule has 0 aliphatic carbocycles. The average Bonchev–Trinajstić information content (AvgIpc) is 3.22. The number of pyridine rings is 1. The molecule has 0 unspecified atom stereocenters. The van der Waals surface area contributed by atoms with Crippen molar-refractivity contribution in [1.29, 1.82) is 5.26 Å². The molecule has 0 N–H and O–H groups in total. The van der Waals surface area contributed by atoms with Gasteiger partial charge in [-0.05, 0) is 31.9 Å². The second kappa shape index (κ2) is 7.16. The molecular formula is C19H23N7. The van der Waals surface area contributed by atoms with E-state index in [1.165, 1.54) is 12.8 Å². The zero-order chi connectivity index (χ0) is 17.9. The summed E-state index contributed by atoms with van der Waals surface area (Å²) in [5.74, 6) is 1.87. The zero-order valence-corrected chi connectivity index (χ0v) is 15.1. The lowest BCUT2D eigenvalue weighted by Crippen LogP contribution is -2.47. The third-order valence-corrected chi connectivity index (χ3v) is 5.05. The summed E-state index contributed by atoms with van der Waals surface area (Å²) < 4.78 is 0. The van der Waals surface area contributed by atoms with Gasteiger partial charge in [-0.2, -0.15) is 10.2 Å². The molecule has 2 saturated heterocycles. The lowest BCUT2D eigenvalue weighted by Gasteiger charge is -2.37. The molecule has 2 aliphatic heterocycles. The summed E-state index contributed by atoms with van der Waals surface area (Å²) >= 11 is 0. The Morgan fingerprint density at radius 3 is 2.42 bits per heavy atom. The van der Waals surface area contributed by atoms with Crippen LogP contribution in [-0.2, 0) is 0 Å². The normalized spacial score (nSPS) is 17.5. The lowest BCUT2D eigenvalue weighted by atomic mass is 10.2. The number of rotatable bonds is 3. The van der Waals surface area contributed by atoms with E-state index in [9.17, 15) is 5.26 Å². The van der Waals surface area contributed by atoms with Gasteiger partial charge < -0.3 is 14.7 Å². The zero-order valence-electron chi connectivity index (χ0n) is 15.1. The molecule has 0 atom stereocenters. The predicted molar refractivity (Wildman–Crippen MR) is 102 cm³/mol. The van der Waals surface area contributed by atoms with Crippen LogP contribution in [0.1, 0.15) is 24.2 Å². The summed E-state index contributed by atoms with van der Waals surface area (Å²) in [5, 5.41) is 9.27. The molecule has 2 fully saturated rings. The fourth-order valence-electron chi connectivity index (χ4n) is 3.67. The second-order valence-electron chi connectivity index (χ2n) is 6.82. The Labute approximate surface area is 153 Å². The molecule has 2 aliphatic rings. The highest BCUT2D eigenvalue weighted by Gasteiger charge is 2.22. The third kappa shape index (κ3) is 3.27. The topological polar surface area (TPSA) is 72.2 Å². The van der Waals surface area contributed by atoms with E-state index in [2.05, 4.69) is 36.8 Å². The van der Waals surface area contributed by atoms with Gasteiger partial charge >= 0.3 is 0 Å². The van der Waals surface area contributed by atoms with Crippen LogP contribution in [0.2, 0.25) is 0 Å². The van der Waals surface area contributed by atoms with Crippen LogP contribution in [0.15, 0.2) is 24.4 Å². The van der Waals surface area contributed by atoms with Crippen LogP contribution in [0.3, 0.4) is 0 Å². The van der Waals surface area contributed by atoms with Gasteiger partial charge in [0.2, 0.25) is 5.95 Å². The number of piperazine rings is 1. The van der Waals surface area contributed by atoms with Gasteiger partial charge in [-0.25, -0.2) is 9.97 Å². The lowest BCUT2D eigenvalue weighted by molar-refractivity contribution is 0.644. The molecule has 0 amide bonds. The van der Waals surface area contributed by atoms with E-state index in [1.807, 2.05) is 19.1 Å². The Morgan fingerprint density at radius 2 is 1.69 bits per heavy atom. The van der Waals surface area contributed by atoms with Gasteiger partial charge in [0.1, 0.15) is 11.9 Å². The van der Waals surface area contributed by atoms with Crippen molar-refractivity contribution in [3.63, 3.8) is 0 Å². The number of hydrogen-bond donors (Lipinski definition) is 0. The second-order valence-corrected chi connectivity index (χ2v) is 6.82. The van der Waals surface area contributed by atoms with Gasteiger partial charge in [-0.15, -0.1) is 0 Å². The molecule has 0 bridgehead atoms. The summed E-state index contributed by atoms with van der Waals surface area (Å²) in [5.41, 5.74) is 2.43. The fourth-order valence-corrected chi connectivity index (χ4v) is 3.67. The minimum absolute atomic E-state index is 0.496. The number of aryl methyl sites for hydroxylation is 1. The molecule has 4 rings (SSSR count). The first-order chi connectivity index (χ1) is 12.7. The van der Waals surface area contributed by atoms with E-state index in [4.69, 9.17) is 4.98 Å². The Bertz CT molecular complexity index is 815. The number of hydrogen-bond acceptors (Lipinski definition) is 7. The molecule has 0 radical (unpaired) electrons. The van der Waals surface area contributed by atoms with Crippen molar-refractivity contribution in [2.75, 3.05) is 54.0 Å². The predicted octanol–water partition coefficient (Wildman–Crippen LogP) is 1.98. The van der Waals surface area contributed by atoms with Crippen molar-refractivity contribution in [3.05, 3.63) is 35.8 Å². The van der Waals surface area contributed by atoms with Gasteiger partial charge in [0, 0.05) is 57.2 Å². The fraction of sp³-hybridized carbons (Fsp3) is 0.474. The molecule has 7 nitrogen and oxygen atoms in total. The molecule has 26 heavy (non-hydrogen) atoms. The number of nitriles is 1. The molecule has 0 aromatic carbocycles. The van der Waals surface area contributed by atoms with E-state index in [-0.39, 0.29) is 0 Å². The summed E-state index contributed by atoms with van der Waals surface area (Å²) in [6.07, 6.45) is 4.11. The quantitative estimate of drug-likeness (QED) is 0.839. The molecule has 7 heteroatoms. The summed E-state index contributed by atoms with van der Waals surface area (Å²) in [7, 11) is 0. The van der Waals surface area contributed by atoms with Gasteiger partial charge in [-0.1, -0.05) is 0 Å². The highest BCUT2D eigenvalue weighted by atomic mass is 15.3. The van der Waals surface area contributed by atoms with Crippen molar-refractivity contribution in [1.82, 2.24) is 15.0 Å². The highest BCUT2D eigenvalue weighted by molar-refractivity contribution is 5.57. The van der Waals surface area contributed by atoms with E-state index in [0.717, 1.165) is 62.4 Å². The van der Waals surface area contributed by atoms with E-state index in [1.54, 1.807) is 6.20 Å². The van der Waals surface area contributed by atoms with Crippen molar-refractivity contribution >= 4 is 17.5 Å². The van der Waals surface area contributed by atoms with Crippen molar-refractivity contribution in [2.45, 2.75) is 19.8 Å². The van der Waals surface area contributed by atoms with Crippen LogP contribution in [0.25, 0.3) is 0 Å². The first-order valence-electron chi connectivity index (χ1n) is 9.20. The van der Waals surface area contributed by atoms with Crippen LogP contribution < -0.4 is 14.7 Å². The molecule has 0 saturated carbocycles. The van der Waals surface area contributed by atoms with Gasteiger partial charge in [-0.3, -0.25) is 0 Å². The minimum Gasteiger partial charge on any atom is -0.366 e. The van der Waals surface area contributed by atoms with Crippen molar-refractivity contribution in [2.24, 2.45) is 0 Å². The van der Waals surface area contributed by atoms with Crippen LogP contribution in [0.5, 0.6) is 0 Å². The highest BCUT2D eigenvalue weighted by Crippen LogP contribution is 2.24. The maximum atomic E-state index is 9.27. The number of anilines is 3. The van der Waals surface area contributed by atoms with Crippen LogP contribution in [-0.4, -0.2) is 54.2 Å². The van der Waals surface area contributed by atoms with E-state index in [0.29, 0.717) is 5.69 Å².